The minimum atomic E-state index is -0.426. The van der Waals surface area contributed by atoms with Crippen molar-refractivity contribution in [3.05, 3.63) is 17.6 Å². The fraction of sp³-hybridized carbons (Fsp3) is 0.760. The van der Waals surface area contributed by atoms with E-state index in [2.05, 4.69) is 61.8 Å². The Kier molecular flexibility index (Phi) is 11.6. The van der Waals surface area contributed by atoms with Gasteiger partial charge in [0.1, 0.15) is 17.2 Å². The molecule has 2 amide bonds. The van der Waals surface area contributed by atoms with Crippen molar-refractivity contribution in [3.8, 4) is 0 Å². The van der Waals surface area contributed by atoms with Crippen molar-refractivity contribution in [3.63, 3.8) is 0 Å². The summed E-state index contributed by atoms with van der Waals surface area (Å²) in [5.74, 6) is 2.53. The third-order valence-electron chi connectivity index (χ3n) is 5.70. The highest BCUT2D eigenvalue weighted by atomic mass is 32.2. The zero-order chi connectivity index (χ0) is 26.0. The smallest absolute Gasteiger partial charge is 0.407 e. The normalized spacial score (nSPS) is 18.3. The molecule has 2 rings (SSSR count). The molecule has 2 atom stereocenters. The summed E-state index contributed by atoms with van der Waals surface area (Å²) in [6, 6.07) is -0.184. The first-order chi connectivity index (χ1) is 16.6. The molecule has 0 bridgehead atoms. The summed E-state index contributed by atoms with van der Waals surface area (Å²) in [6.07, 6.45) is 4.97. The van der Waals surface area contributed by atoms with Gasteiger partial charge < -0.3 is 25.6 Å². The Bertz CT molecular complexity index is 830. The van der Waals surface area contributed by atoms with E-state index in [4.69, 9.17) is 9.72 Å². The zero-order valence-electron chi connectivity index (χ0n) is 22.4. The van der Waals surface area contributed by atoms with Gasteiger partial charge in [0.2, 0.25) is 0 Å². The van der Waals surface area contributed by atoms with Crippen molar-refractivity contribution in [1.29, 1.82) is 0 Å². The van der Waals surface area contributed by atoms with Gasteiger partial charge in [-0.1, -0.05) is 34.6 Å². The van der Waals surface area contributed by atoms with Crippen molar-refractivity contribution in [2.24, 2.45) is 5.92 Å². The number of carbonyl (C=O) groups is 2. The van der Waals surface area contributed by atoms with E-state index >= 15 is 0 Å². The van der Waals surface area contributed by atoms with Crippen molar-refractivity contribution >= 4 is 29.6 Å². The van der Waals surface area contributed by atoms with Crippen LogP contribution in [0.25, 0.3) is 0 Å². The first-order valence-corrected chi connectivity index (χ1v) is 14.0. The predicted octanol–water partition coefficient (Wildman–Crippen LogP) is 3.51. The monoisotopic (exact) mass is 508 g/mol. The molecule has 10 heteroatoms. The van der Waals surface area contributed by atoms with Gasteiger partial charge in [0.25, 0.3) is 5.91 Å². The van der Waals surface area contributed by atoms with Crippen LogP contribution in [0.5, 0.6) is 0 Å². The number of amides is 2. The Morgan fingerprint density at radius 1 is 1.31 bits per heavy atom. The van der Waals surface area contributed by atoms with Crippen molar-refractivity contribution in [2.75, 3.05) is 50.1 Å². The van der Waals surface area contributed by atoms with Gasteiger partial charge in [0.15, 0.2) is 0 Å². The largest absolute Gasteiger partial charge is 0.450 e. The lowest BCUT2D eigenvalue weighted by Gasteiger charge is -2.39. The zero-order valence-corrected chi connectivity index (χ0v) is 23.3. The van der Waals surface area contributed by atoms with Gasteiger partial charge in [-0.3, -0.25) is 4.79 Å². The summed E-state index contributed by atoms with van der Waals surface area (Å²) in [7, 11) is 0. The molecule has 1 aliphatic heterocycles. The van der Waals surface area contributed by atoms with Gasteiger partial charge >= 0.3 is 6.09 Å². The second-order valence-electron chi connectivity index (χ2n) is 10.4. The van der Waals surface area contributed by atoms with E-state index in [1.807, 2.05) is 4.90 Å². The lowest BCUT2D eigenvalue weighted by molar-refractivity contribution is 0.0600. The van der Waals surface area contributed by atoms with Crippen LogP contribution in [0.3, 0.4) is 0 Å². The number of nitrogens with one attached hydrogen (secondary N) is 3. The van der Waals surface area contributed by atoms with Crippen LogP contribution in [0.1, 0.15) is 70.6 Å². The Hall–Kier alpha value is -2.07. The predicted molar refractivity (Wildman–Crippen MR) is 143 cm³/mol. The second kappa shape index (κ2) is 13.9. The van der Waals surface area contributed by atoms with Crippen LogP contribution in [0, 0.1) is 5.92 Å². The molecular formula is C25H44N6O3S. The molecule has 1 aromatic rings. The molecule has 1 aliphatic rings. The number of aromatic nitrogens is 2. The summed E-state index contributed by atoms with van der Waals surface area (Å²) in [4.78, 5) is 37.2. The van der Waals surface area contributed by atoms with Crippen molar-refractivity contribution in [1.82, 2.24) is 25.5 Å². The summed E-state index contributed by atoms with van der Waals surface area (Å²) in [6.45, 7) is 15.2. The lowest BCUT2D eigenvalue weighted by Crippen LogP contribution is -2.57. The molecule has 0 radical (unpaired) electrons. The third kappa shape index (κ3) is 9.14. The quantitative estimate of drug-likeness (QED) is 0.390. The van der Waals surface area contributed by atoms with E-state index in [1.54, 1.807) is 24.9 Å². The number of nitrogens with zero attached hydrogens (tertiary/aromatic N) is 3. The standard InChI is InChI=1S/C25H44N6O3S/c1-8-34-24(33)29-18-12-19(14-26-13-18)31(16-17(2)3)22(32)20-15-28-23(25(4,5)6)30-21(20)27-10-9-11-35-7/h15,17-19,26H,8-14,16H2,1-7H3,(H,29,33)(H,27,28,30)/t18-,19+/m1/s1. The summed E-state index contributed by atoms with van der Waals surface area (Å²) >= 11 is 1.80. The molecule has 0 aliphatic carbocycles. The maximum absolute atomic E-state index is 13.9. The summed E-state index contributed by atoms with van der Waals surface area (Å²) < 4.78 is 5.05. The number of carbonyl (C=O) groups excluding carboxylic acids is 2. The second-order valence-corrected chi connectivity index (χ2v) is 11.4. The number of ether oxygens (including phenoxy) is 1. The molecule has 0 aromatic carbocycles. The minimum Gasteiger partial charge on any atom is -0.450 e. The first-order valence-electron chi connectivity index (χ1n) is 12.6. The molecule has 1 aromatic heterocycles. The van der Waals surface area contributed by atoms with Crippen LogP contribution < -0.4 is 16.0 Å². The Labute approximate surface area is 214 Å². The molecule has 35 heavy (non-hydrogen) atoms. The van der Waals surface area contributed by atoms with Crippen LogP contribution in [0.15, 0.2) is 6.20 Å². The fourth-order valence-electron chi connectivity index (χ4n) is 4.01. The highest BCUT2D eigenvalue weighted by molar-refractivity contribution is 7.98. The van der Waals surface area contributed by atoms with Crippen molar-refractivity contribution in [2.45, 2.75) is 71.9 Å². The average Bonchev–Trinajstić information content (AvgIpc) is 2.79. The number of hydrogen-bond acceptors (Lipinski definition) is 8. The summed E-state index contributed by atoms with van der Waals surface area (Å²) in [5.41, 5.74) is 0.261. The molecule has 9 nitrogen and oxygen atoms in total. The van der Waals surface area contributed by atoms with E-state index in [9.17, 15) is 9.59 Å². The van der Waals surface area contributed by atoms with Gasteiger partial charge in [-0.15, -0.1) is 0 Å². The number of thioether (sulfide) groups is 1. The maximum atomic E-state index is 13.9. The van der Waals surface area contributed by atoms with Crippen LogP contribution in [-0.2, 0) is 10.2 Å². The van der Waals surface area contributed by atoms with Crippen LogP contribution >= 0.6 is 11.8 Å². The first kappa shape index (κ1) is 29.2. The molecule has 3 N–H and O–H groups in total. The highest BCUT2D eigenvalue weighted by Gasteiger charge is 2.33. The topological polar surface area (TPSA) is 108 Å². The number of rotatable bonds is 11. The Morgan fingerprint density at radius 2 is 2.06 bits per heavy atom. The average molecular weight is 509 g/mol. The SMILES string of the molecule is CCOC(=O)N[C@H]1CNC[C@@H](N(CC(C)C)C(=O)c2cnc(C(C)(C)C)nc2NCCCSC)C1. The molecule has 0 spiro atoms. The van der Waals surface area contributed by atoms with E-state index in [-0.39, 0.29) is 29.3 Å². The molecule has 2 heterocycles. The number of alkyl carbamates (subject to hydrolysis) is 1. The van der Waals surface area contributed by atoms with Crippen LogP contribution in [0.4, 0.5) is 10.6 Å². The fourth-order valence-corrected chi connectivity index (χ4v) is 4.44. The van der Waals surface area contributed by atoms with Gasteiger partial charge in [0, 0.05) is 49.9 Å². The molecule has 0 saturated carbocycles. The van der Waals surface area contributed by atoms with E-state index in [0.717, 1.165) is 18.7 Å². The minimum absolute atomic E-state index is 0.0720. The highest BCUT2D eigenvalue weighted by Crippen LogP contribution is 2.24. The van der Waals surface area contributed by atoms with E-state index in [1.165, 1.54) is 0 Å². The Morgan fingerprint density at radius 3 is 2.69 bits per heavy atom. The summed E-state index contributed by atoms with van der Waals surface area (Å²) in [5, 5.41) is 9.68. The molecular weight excluding hydrogens is 464 g/mol. The van der Waals surface area contributed by atoms with Crippen molar-refractivity contribution < 1.29 is 14.3 Å². The molecule has 0 unspecified atom stereocenters. The van der Waals surface area contributed by atoms with Gasteiger partial charge in [-0.25, -0.2) is 14.8 Å². The molecule has 1 fully saturated rings. The third-order valence-corrected chi connectivity index (χ3v) is 6.39. The lowest BCUT2D eigenvalue weighted by atomic mass is 9.95. The number of anilines is 1. The molecule has 198 valence electrons. The Balaban J connectivity index is 2.31. The van der Waals surface area contributed by atoms with Gasteiger partial charge in [0.05, 0.1) is 6.61 Å². The number of piperidine rings is 1. The van der Waals surface area contributed by atoms with E-state index in [0.29, 0.717) is 49.9 Å². The molecule has 1 saturated heterocycles. The van der Waals surface area contributed by atoms with Gasteiger partial charge in [-0.2, -0.15) is 11.8 Å². The maximum Gasteiger partial charge on any atom is 0.407 e. The van der Waals surface area contributed by atoms with Crippen LogP contribution in [0.2, 0.25) is 0 Å². The van der Waals surface area contributed by atoms with Gasteiger partial charge in [-0.05, 0) is 37.7 Å². The van der Waals surface area contributed by atoms with E-state index < -0.39 is 6.09 Å². The number of hydrogen-bond donors (Lipinski definition) is 3. The van der Waals surface area contributed by atoms with Crippen LogP contribution in [-0.4, -0.2) is 83.7 Å².